The van der Waals surface area contributed by atoms with Gasteiger partial charge in [-0.3, -0.25) is 14.6 Å². The molecule has 37 heavy (non-hydrogen) atoms. The van der Waals surface area contributed by atoms with Crippen LogP contribution in [-0.4, -0.2) is 22.9 Å². The number of pyridine rings is 2. The number of benzene rings is 2. The maximum Gasteiger partial charge on any atom is 0.419 e. The van der Waals surface area contributed by atoms with E-state index in [9.17, 15) is 35.9 Å². The molecule has 1 N–H and O–H groups in total. The second-order valence-corrected chi connectivity index (χ2v) is 7.91. The first kappa shape index (κ1) is 25.7. The number of halogens is 6. The molecule has 0 aliphatic carbocycles. The Morgan fingerprint density at radius 2 is 1.73 bits per heavy atom. The van der Waals surface area contributed by atoms with Crippen molar-refractivity contribution < 1.29 is 40.6 Å². The number of aromatic amines is 1. The summed E-state index contributed by atoms with van der Waals surface area (Å²) >= 11 is 0. The summed E-state index contributed by atoms with van der Waals surface area (Å²) in [5.41, 5.74) is -2.98. The molecule has 0 saturated carbocycles. The molecule has 2 aromatic heterocycles. The zero-order valence-electron chi connectivity index (χ0n) is 19.3. The van der Waals surface area contributed by atoms with Gasteiger partial charge in [-0.15, -0.1) is 0 Å². The fourth-order valence-electron chi connectivity index (χ4n) is 3.82. The van der Waals surface area contributed by atoms with Crippen molar-refractivity contribution in [1.82, 2.24) is 9.97 Å². The molecule has 0 unspecified atom stereocenters. The van der Waals surface area contributed by atoms with Gasteiger partial charge in [-0.1, -0.05) is 0 Å². The van der Waals surface area contributed by atoms with Gasteiger partial charge in [0.15, 0.2) is 22.8 Å². The largest absolute Gasteiger partial charge is 0.490 e. The average Bonchev–Trinajstić information content (AvgIpc) is 2.83. The molecule has 0 fully saturated rings. The third-order valence-electron chi connectivity index (χ3n) is 5.57. The predicted molar refractivity (Wildman–Crippen MR) is 120 cm³/mol. The highest BCUT2D eigenvalue weighted by Gasteiger charge is 2.36. The van der Waals surface area contributed by atoms with Gasteiger partial charge in [-0.25, -0.2) is 8.78 Å². The normalized spacial score (nSPS) is 11.6. The number of ketones is 1. The van der Waals surface area contributed by atoms with E-state index in [4.69, 9.17) is 9.47 Å². The summed E-state index contributed by atoms with van der Waals surface area (Å²) in [4.78, 5) is 31.9. The molecule has 0 radical (unpaired) electrons. The minimum absolute atomic E-state index is 0.0617. The third-order valence-corrected chi connectivity index (χ3v) is 5.57. The maximum atomic E-state index is 14.7. The second-order valence-electron chi connectivity index (χ2n) is 7.91. The Hall–Kier alpha value is -4.35. The van der Waals surface area contributed by atoms with Crippen molar-refractivity contribution in [2.24, 2.45) is 0 Å². The second kappa shape index (κ2) is 9.26. The third kappa shape index (κ3) is 4.50. The van der Waals surface area contributed by atoms with E-state index < -0.39 is 57.7 Å². The van der Waals surface area contributed by atoms with Gasteiger partial charge in [0.2, 0.25) is 11.6 Å². The molecule has 192 valence electrons. The summed E-state index contributed by atoms with van der Waals surface area (Å²) in [6.45, 7) is 2.51. The topological polar surface area (TPSA) is 81.3 Å². The number of Topliss-reactive ketones (excluding diaryl/α,β-unsaturated/α-hetero) is 1. The summed E-state index contributed by atoms with van der Waals surface area (Å²) in [5, 5.41) is -0.0617. The van der Waals surface area contributed by atoms with Crippen LogP contribution in [-0.2, 0) is 6.18 Å². The molecule has 0 spiro atoms. The molecule has 0 aliphatic heterocycles. The Bertz CT molecular complexity index is 1630. The molecule has 4 rings (SSSR count). The summed E-state index contributed by atoms with van der Waals surface area (Å²) in [7, 11) is 0.989. The maximum absolute atomic E-state index is 14.7. The summed E-state index contributed by atoms with van der Waals surface area (Å²) in [6, 6.07) is 3.77. The zero-order chi connectivity index (χ0) is 27.2. The van der Waals surface area contributed by atoms with E-state index in [0.29, 0.717) is 18.2 Å². The first-order valence-electron chi connectivity index (χ1n) is 10.5. The van der Waals surface area contributed by atoms with E-state index in [1.165, 1.54) is 26.1 Å². The number of methoxy groups -OCH3 is 1. The Kier molecular flexibility index (Phi) is 6.44. The van der Waals surface area contributed by atoms with Crippen molar-refractivity contribution in [1.29, 1.82) is 0 Å². The molecule has 2 heterocycles. The first-order valence-corrected chi connectivity index (χ1v) is 10.5. The molecule has 0 saturated heterocycles. The predicted octanol–water partition coefficient (Wildman–Crippen LogP) is 6.34. The van der Waals surface area contributed by atoms with E-state index >= 15 is 0 Å². The minimum Gasteiger partial charge on any atom is -0.490 e. The van der Waals surface area contributed by atoms with Crippen LogP contribution in [0.5, 0.6) is 17.2 Å². The number of carbonyl (C=O) groups is 1. The Morgan fingerprint density at radius 1 is 1.03 bits per heavy atom. The van der Waals surface area contributed by atoms with Gasteiger partial charge in [0.1, 0.15) is 17.3 Å². The Morgan fingerprint density at radius 3 is 2.35 bits per heavy atom. The van der Waals surface area contributed by atoms with Gasteiger partial charge in [0, 0.05) is 24.2 Å². The van der Waals surface area contributed by atoms with E-state index in [1.807, 2.05) is 0 Å². The van der Waals surface area contributed by atoms with E-state index in [0.717, 1.165) is 13.2 Å². The standard InChI is InChI=1S/C25H16F6N2O4/c1-10-21(33-16-6-7-32-22(11(2)34)19(16)23(10)35)12-8-15(27)13(25(29,30)31)9-18(12)37-17-5-4-14(26)20(28)24(17)36-3/h4-9H,1-3H3,(H,33,35). The molecule has 4 aromatic rings. The van der Waals surface area contributed by atoms with Crippen molar-refractivity contribution >= 4 is 16.7 Å². The monoisotopic (exact) mass is 522 g/mol. The van der Waals surface area contributed by atoms with E-state index in [1.54, 1.807) is 0 Å². The van der Waals surface area contributed by atoms with E-state index in [-0.39, 0.29) is 33.4 Å². The summed E-state index contributed by atoms with van der Waals surface area (Å²) in [5.74, 6) is -6.83. The van der Waals surface area contributed by atoms with Gasteiger partial charge in [-0.05, 0) is 37.3 Å². The number of H-pyrrole nitrogens is 1. The zero-order valence-corrected chi connectivity index (χ0v) is 19.3. The van der Waals surface area contributed by atoms with Crippen LogP contribution >= 0.6 is 0 Å². The summed E-state index contributed by atoms with van der Waals surface area (Å²) in [6.07, 6.45) is -3.89. The van der Waals surface area contributed by atoms with Crippen LogP contribution in [0.1, 0.15) is 28.5 Å². The number of rotatable bonds is 5. The lowest BCUT2D eigenvalue weighted by atomic mass is 9.99. The Labute approximate surface area is 204 Å². The summed E-state index contributed by atoms with van der Waals surface area (Å²) < 4.78 is 93.4. The van der Waals surface area contributed by atoms with Gasteiger partial charge >= 0.3 is 6.18 Å². The fraction of sp³-hybridized carbons (Fsp3) is 0.160. The number of hydrogen-bond donors (Lipinski definition) is 1. The molecule has 6 nitrogen and oxygen atoms in total. The van der Waals surface area contributed by atoms with Crippen molar-refractivity contribution in [2.75, 3.05) is 7.11 Å². The molecule has 0 atom stereocenters. The number of hydrogen-bond acceptors (Lipinski definition) is 5. The van der Waals surface area contributed by atoms with Crippen LogP contribution < -0.4 is 14.9 Å². The minimum atomic E-state index is -5.13. The van der Waals surface area contributed by atoms with Gasteiger partial charge < -0.3 is 14.5 Å². The number of ether oxygens (including phenoxy) is 2. The number of alkyl halides is 3. The number of aromatic nitrogens is 2. The van der Waals surface area contributed by atoms with Crippen molar-refractivity contribution in [2.45, 2.75) is 20.0 Å². The fourth-order valence-corrected chi connectivity index (χ4v) is 3.82. The van der Waals surface area contributed by atoms with Crippen LogP contribution in [0, 0.1) is 24.4 Å². The van der Waals surface area contributed by atoms with Crippen LogP contribution in [0.3, 0.4) is 0 Å². The van der Waals surface area contributed by atoms with Gasteiger partial charge in [0.25, 0.3) is 0 Å². The van der Waals surface area contributed by atoms with Crippen molar-refractivity contribution in [3.05, 3.63) is 81.0 Å². The van der Waals surface area contributed by atoms with E-state index in [2.05, 4.69) is 9.97 Å². The molecule has 0 amide bonds. The highest BCUT2D eigenvalue weighted by Crippen LogP contribution is 2.43. The number of fused-ring (bicyclic) bond motifs is 1. The molecular formula is C25H16F6N2O4. The molecule has 12 heteroatoms. The van der Waals surface area contributed by atoms with Gasteiger partial charge in [0.05, 0.1) is 29.3 Å². The quantitative estimate of drug-likeness (QED) is 0.245. The van der Waals surface area contributed by atoms with Crippen LogP contribution in [0.4, 0.5) is 26.3 Å². The lowest BCUT2D eigenvalue weighted by Gasteiger charge is -2.18. The van der Waals surface area contributed by atoms with Crippen LogP contribution in [0.2, 0.25) is 0 Å². The van der Waals surface area contributed by atoms with Crippen LogP contribution in [0.15, 0.2) is 41.3 Å². The van der Waals surface area contributed by atoms with Crippen LogP contribution in [0.25, 0.3) is 22.2 Å². The average molecular weight is 522 g/mol. The van der Waals surface area contributed by atoms with Crippen molar-refractivity contribution in [3.8, 4) is 28.5 Å². The number of carbonyl (C=O) groups excluding carboxylic acids is 1. The first-order chi connectivity index (χ1) is 17.3. The SMILES string of the molecule is COc1c(Oc2cc(C(F)(F)F)c(F)cc2-c2[nH]c3ccnc(C(C)=O)c3c(=O)c2C)ccc(F)c1F. The number of nitrogens with zero attached hydrogens (tertiary/aromatic N) is 1. The lowest BCUT2D eigenvalue weighted by Crippen LogP contribution is -2.15. The smallest absolute Gasteiger partial charge is 0.419 e. The molecular weight excluding hydrogens is 506 g/mol. The molecule has 2 aromatic carbocycles. The highest BCUT2D eigenvalue weighted by molar-refractivity contribution is 6.04. The van der Waals surface area contributed by atoms with Crippen molar-refractivity contribution in [3.63, 3.8) is 0 Å². The molecule has 0 aliphatic rings. The lowest BCUT2D eigenvalue weighted by molar-refractivity contribution is -0.140. The number of nitrogens with one attached hydrogen (secondary N) is 1. The van der Waals surface area contributed by atoms with Gasteiger partial charge in [-0.2, -0.15) is 17.6 Å². The molecule has 0 bridgehead atoms. The highest BCUT2D eigenvalue weighted by atomic mass is 19.4. The Balaban J connectivity index is 2.04.